The summed E-state index contributed by atoms with van der Waals surface area (Å²) in [4.78, 5) is 10.8. The Hall–Kier alpha value is -3.78. The fraction of sp³-hybridized carbons (Fsp3) is 0.208. The second-order valence-corrected chi connectivity index (χ2v) is 9.48. The number of nitrogens with zero attached hydrogens (tertiary/aromatic N) is 3. The van der Waals surface area contributed by atoms with Gasteiger partial charge in [0.05, 0.1) is 34.7 Å². The van der Waals surface area contributed by atoms with E-state index in [9.17, 15) is 23.8 Å². The van der Waals surface area contributed by atoms with E-state index in [4.69, 9.17) is 9.47 Å². The summed E-state index contributed by atoms with van der Waals surface area (Å²) in [5, 5.41) is 20.9. The lowest BCUT2D eigenvalue weighted by molar-refractivity contribution is -0.386. The smallest absolute Gasteiger partial charge is 0.312 e. The van der Waals surface area contributed by atoms with E-state index in [-0.39, 0.29) is 43.6 Å². The van der Waals surface area contributed by atoms with Crippen molar-refractivity contribution in [2.24, 2.45) is 0 Å². The molecule has 0 atom stereocenters. The highest BCUT2D eigenvalue weighted by atomic mass is 32.2. The average Bonchev–Trinajstić information content (AvgIpc) is 2.88. The molecule has 0 spiro atoms. The van der Waals surface area contributed by atoms with E-state index in [0.29, 0.717) is 5.56 Å². The zero-order valence-electron chi connectivity index (χ0n) is 18.1. The number of hydrogen-bond acceptors (Lipinski definition) is 7. The van der Waals surface area contributed by atoms with Crippen molar-refractivity contribution in [3.05, 3.63) is 88.0 Å². The molecule has 0 N–H and O–H groups in total. The molecule has 3 aromatic carbocycles. The molecule has 4 rings (SSSR count). The van der Waals surface area contributed by atoms with Crippen LogP contribution in [0.25, 0.3) is 11.1 Å². The van der Waals surface area contributed by atoms with Gasteiger partial charge in [-0.25, -0.2) is 8.42 Å². The number of morpholine rings is 1. The number of rotatable bonds is 7. The van der Waals surface area contributed by atoms with Crippen molar-refractivity contribution in [2.45, 2.75) is 11.5 Å². The molecule has 1 fully saturated rings. The van der Waals surface area contributed by atoms with Gasteiger partial charge < -0.3 is 9.47 Å². The first-order valence-electron chi connectivity index (χ1n) is 10.5. The number of ether oxygens (including phenoxy) is 2. The van der Waals surface area contributed by atoms with Gasteiger partial charge in [-0.2, -0.15) is 9.57 Å². The quantitative estimate of drug-likeness (QED) is 0.374. The predicted octanol–water partition coefficient (Wildman–Crippen LogP) is 3.73. The van der Waals surface area contributed by atoms with Crippen LogP contribution in [-0.2, 0) is 21.4 Å². The highest BCUT2D eigenvalue weighted by molar-refractivity contribution is 7.89. The van der Waals surface area contributed by atoms with Gasteiger partial charge in [0.15, 0.2) is 5.75 Å². The summed E-state index contributed by atoms with van der Waals surface area (Å²) >= 11 is 0. The zero-order chi connectivity index (χ0) is 24.1. The first-order chi connectivity index (χ1) is 16.4. The van der Waals surface area contributed by atoms with Gasteiger partial charge in [0.1, 0.15) is 6.61 Å². The minimum Gasteiger partial charge on any atom is -0.482 e. The second kappa shape index (κ2) is 10.0. The first kappa shape index (κ1) is 23.4. The van der Waals surface area contributed by atoms with Crippen LogP contribution in [0.3, 0.4) is 0 Å². The van der Waals surface area contributed by atoms with E-state index in [1.165, 1.54) is 16.4 Å². The molecule has 1 aliphatic rings. The van der Waals surface area contributed by atoms with Gasteiger partial charge in [-0.3, -0.25) is 10.1 Å². The Balaban J connectivity index is 1.52. The number of hydrogen-bond donors (Lipinski definition) is 0. The molecule has 9 nitrogen and oxygen atoms in total. The molecule has 0 radical (unpaired) electrons. The molecular weight excluding hydrogens is 458 g/mol. The SMILES string of the molecule is N#Cc1ccccc1-c1ccc(COc2ccc(S(=O)(=O)N3CCOCC3)cc2[N+](=O)[O-])cc1. The van der Waals surface area contributed by atoms with Crippen LogP contribution >= 0.6 is 0 Å². The molecule has 34 heavy (non-hydrogen) atoms. The van der Waals surface area contributed by atoms with Gasteiger partial charge in [-0.1, -0.05) is 42.5 Å². The molecule has 0 saturated carbocycles. The Kier molecular flexibility index (Phi) is 6.88. The number of benzene rings is 3. The molecule has 0 unspecified atom stereocenters. The van der Waals surface area contributed by atoms with Crippen LogP contribution in [0.15, 0.2) is 71.6 Å². The molecular formula is C24H21N3O6S. The third-order valence-electron chi connectivity index (χ3n) is 5.44. The number of nitriles is 1. The Morgan fingerprint density at radius 2 is 1.76 bits per heavy atom. The van der Waals surface area contributed by atoms with Crippen LogP contribution in [0, 0.1) is 21.4 Å². The maximum absolute atomic E-state index is 12.8. The lowest BCUT2D eigenvalue weighted by Crippen LogP contribution is -2.40. The highest BCUT2D eigenvalue weighted by Crippen LogP contribution is 2.32. The van der Waals surface area contributed by atoms with Crippen molar-refractivity contribution in [3.63, 3.8) is 0 Å². The number of nitro groups is 1. The van der Waals surface area contributed by atoms with Gasteiger partial charge in [0.25, 0.3) is 0 Å². The lowest BCUT2D eigenvalue weighted by atomic mass is 9.99. The van der Waals surface area contributed by atoms with Gasteiger partial charge in [0, 0.05) is 19.2 Å². The van der Waals surface area contributed by atoms with E-state index in [0.717, 1.165) is 22.8 Å². The van der Waals surface area contributed by atoms with Crippen LogP contribution in [0.1, 0.15) is 11.1 Å². The van der Waals surface area contributed by atoms with Crippen molar-refractivity contribution in [1.29, 1.82) is 5.26 Å². The summed E-state index contributed by atoms with van der Waals surface area (Å²) in [5.74, 6) is -0.0233. The Morgan fingerprint density at radius 3 is 2.44 bits per heavy atom. The van der Waals surface area contributed by atoms with E-state index in [1.54, 1.807) is 12.1 Å². The largest absolute Gasteiger partial charge is 0.482 e. The van der Waals surface area contributed by atoms with Gasteiger partial charge in [-0.15, -0.1) is 0 Å². The second-order valence-electron chi connectivity index (χ2n) is 7.55. The minimum absolute atomic E-state index is 0.0233. The molecule has 1 heterocycles. The maximum Gasteiger partial charge on any atom is 0.312 e. The molecule has 0 aromatic heterocycles. The predicted molar refractivity (Wildman–Crippen MR) is 124 cm³/mol. The molecule has 3 aromatic rings. The van der Waals surface area contributed by atoms with Crippen molar-refractivity contribution >= 4 is 15.7 Å². The molecule has 10 heteroatoms. The fourth-order valence-electron chi connectivity index (χ4n) is 3.63. The summed E-state index contributed by atoms with van der Waals surface area (Å²) in [7, 11) is -3.87. The Morgan fingerprint density at radius 1 is 1.06 bits per heavy atom. The summed E-state index contributed by atoms with van der Waals surface area (Å²) in [6, 6.07) is 20.4. The first-order valence-corrected chi connectivity index (χ1v) is 11.9. The Labute approximate surface area is 197 Å². The minimum atomic E-state index is -3.87. The van der Waals surface area contributed by atoms with Crippen molar-refractivity contribution in [2.75, 3.05) is 26.3 Å². The van der Waals surface area contributed by atoms with E-state index >= 15 is 0 Å². The summed E-state index contributed by atoms with van der Waals surface area (Å²) < 4.78 is 37.8. The van der Waals surface area contributed by atoms with Gasteiger partial charge in [0.2, 0.25) is 10.0 Å². The topological polar surface area (TPSA) is 123 Å². The third-order valence-corrected chi connectivity index (χ3v) is 7.34. The maximum atomic E-state index is 12.8. The van der Waals surface area contributed by atoms with Gasteiger partial charge in [-0.05, 0) is 34.9 Å². The fourth-order valence-corrected chi connectivity index (χ4v) is 5.06. The molecule has 0 amide bonds. The monoisotopic (exact) mass is 479 g/mol. The zero-order valence-corrected chi connectivity index (χ0v) is 18.9. The van der Waals surface area contributed by atoms with Crippen LogP contribution in [0.4, 0.5) is 5.69 Å². The molecule has 1 saturated heterocycles. The third kappa shape index (κ3) is 4.92. The molecule has 0 bridgehead atoms. The number of sulfonamides is 1. The van der Waals surface area contributed by atoms with E-state index < -0.39 is 20.6 Å². The summed E-state index contributed by atoms with van der Waals surface area (Å²) in [5.41, 5.74) is 2.58. The average molecular weight is 480 g/mol. The van der Waals surface area contributed by atoms with E-state index in [1.807, 2.05) is 36.4 Å². The van der Waals surface area contributed by atoms with Crippen LogP contribution in [0.2, 0.25) is 0 Å². The summed E-state index contributed by atoms with van der Waals surface area (Å²) in [6.45, 7) is 1.01. The normalized spacial score (nSPS) is 14.3. The van der Waals surface area contributed by atoms with Crippen LogP contribution < -0.4 is 4.74 Å². The Bertz CT molecular complexity index is 1340. The van der Waals surface area contributed by atoms with Crippen LogP contribution in [0.5, 0.6) is 5.75 Å². The molecule has 174 valence electrons. The lowest BCUT2D eigenvalue weighted by Gasteiger charge is -2.26. The highest BCUT2D eigenvalue weighted by Gasteiger charge is 2.29. The van der Waals surface area contributed by atoms with Crippen molar-refractivity contribution in [1.82, 2.24) is 4.31 Å². The van der Waals surface area contributed by atoms with Crippen LogP contribution in [-0.4, -0.2) is 43.9 Å². The van der Waals surface area contributed by atoms with E-state index in [2.05, 4.69) is 6.07 Å². The van der Waals surface area contributed by atoms with Crippen molar-refractivity contribution < 1.29 is 22.8 Å². The standard InChI is InChI=1S/C24H21N3O6S/c25-16-20-3-1-2-4-22(20)19-7-5-18(6-8-19)17-33-24-10-9-21(15-23(24)27(28)29)34(30,31)26-11-13-32-14-12-26/h1-10,15H,11-14,17H2. The number of nitro benzene ring substituents is 1. The van der Waals surface area contributed by atoms with Crippen molar-refractivity contribution in [3.8, 4) is 22.9 Å². The van der Waals surface area contributed by atoms with Gasteiger partial charge >= 0.3 is 5.69 Å². The summed E-state index contributed by atoms with van der Waals surface area (Å²) in [6.07, 6.45) is 0. The molecule has 1 aliphatic heterocycles. The molecule has 0 aliphatic carbocycles.